The van der Waals surface area contributed by atoms with Crippen molar-refractivity contribution in [3.05, 3.63) is 0 Å². The van der Waals surface area contributed by atoms with Gasteiger partial charge in [0.25, 0.3) is 0 Å². The molecule has 0 amide bonds. The Morgan fingerprint density at radius 3 is 1.00 bits per heavy atom. The first-order valence-electron chi connectivity index (χ1n) is 0.775. The average molecular weight is 379 g/mol. The van der Waals surface area contributed by atoms with Crippen LogP contribution in [0.5, 0.6) is 0 Å². The summed E-state index contributed by atoms with van der Waals surface area (Å²) in [7, 11) is -2.17. The fourth-order valence-electron chi connectivity index (χ4n) is 0. The van der Waals surface area contributed by atoms with Gasteiger partial charge in [-0.2, -0.15) is 0 Å². The van der Waals surface area contributed by atoms with Gasteiger partial charge in [-0.05, 0) is 0 Å². The third-order valence-corrected chi connectivity index (χ3v) is 0. The molecule has 44 valence electrons. The van der Waals surface area contributed by atoms with Crippen molar-refractivity contribution in [2.24, 2.45) is 0 Å². The molecule has 0 saturated heterocycles. The number of rotatable bonds is 0. The molecule has 3 N–H and O–H groups in total. The van der Waals surface area contributed by atoms with E-state index < -0.39 is 7.32 Å². The summed E-state index contributed by atoms with van der Waals surface area (Å²) in [6.45, 7) is 0. The van der Waals surface area contributed by atoms with Crippen LogP contribution in [0.3, 0.4) is 0 Å². The molecule has 0 fully saturated rings. The molecule has 0 spiro atoms. The average Bonchev–Trinajstić information content (AvgIpc) is 0.811. The third-order valence-electron chi connectivity index (χ3n) is 0. The van der Waals surface area contributed by atoms with Gasteiger partial charge in [0.15, 0.2) is 0 Å². The van der Waals surface area contributed by atoms with Crippen molar-refractivity contribution >= 4 is 123 Å². The molecule has 0 aromatic carbocycles. The summed E-state index contributed by atoms with van der Waals surface area (Å²) in [6.07, 6.45) is 0. The van der Waals surface area contributed by atoms with Gasteiger partial charge in [-0.1, -0.05) is 0 Å². The van der Waals surface area contributed by atoms with E-state index in [4.69, 9.17) is 15.1 Å². The van der Waals surface area contributed by atoms with Gasteiger partial charge < -0.3 is 15.1 Å². The number of halogens is 1. The molecule has 3 nitrogen and oxygen atoms in total. The van der Waals surface area contributed by atoms with Crippen molar-refractivity contribution in [2.75, 3.05) is 0 Å². The van der Waals surface area contributed by atoms with Crippen molar-refractivity contribution in [1.82, 2.24) is 0 Å². The Hall–Kier alpha value is 3.63. The molecular formula is H10BBaBrGaNaO3. The molecule has 0 radical (unpaired) electrons. The van der Waals surface area contributed by atoms with Gasteiger partial charge >= 0.3 is 106 Å². The predicted octanol–water partition coefficient (Wildman–Crippen LogP) is -4.22. The zero-order valence-electron chi connectivity index (χ0n) is 2.33. The van der Waals surface area contributed by atoms with E-state index in [9.17, 15) is 0 Å². The molecule has 0 atom stereocenters. The first kappa shape index (κ1) is 29.9. The van der Waals surface area contributed by atoms with E-state index in [1.54, 1.807) is 0 Å². The molecule has 0 rings (SSSR count). The zero-order valence-corrected chi connectivity index (χ0v) is 4.04. The summed E-state index contributed by atoms with van der Waals surface area (Å²) in [5, 5.41) is 21.5. The van der Waals surface area contributed by atoms with E-state index in [1.165, 1.54) is 0 Å². The SMILES string of the molecule is Br.OB(O)O.[BaH2].[GaH3].[NaH]. The minimum absolute atomic E-state index is 0. The van der Waals surface area contributed by atoms with Gasteiger partial charge in [0.05, 0.1) is 0 Å². The Kier molecular flexibility index (Phi) is 83.8. The Morgan fingerprint density at radius 2 is 1.00 bits per heavy atom. The Balaban J connectivity index is -0.00000000750. The van der Waals surface area contributed by atoms with E-state index in [0.717, 1.165) is 0 Å². The van der Waals surface area contributed by atoms with E-state index in [-0.39, 0.29) is 115 Å². The molecule has 0 aliphatic carbocycles. The van der Waals surface area contributed by atoms with Gasteiger partial charge in [0.1, 0.15) is 0 Å². The predicted molar refractivity (Wildman–Crippen MR) is 48.4 cm³/mol. The van der Waals surface area contributed by atoms with Crippen LogP contribution in [-0.2, 0) is 0 Å². The van der Waals surface area contributed by atoms with Gasteiger partial charge in [0.2, 0.25) is 0 Å². The van der Waals surface area contributed by atoms with Crippen LogP contribution in [-0.4, -0.2) is 121 Å². The standard InChI is InChI=1S/BH3O3.Ba.BrH.Ga.Na.6H/c2-1(3)4;;;;;;;;;;/h2-4H;;1H;;;;;;;;. The number of hydrogen-bond acceptors (Lipinski definition) is 3. The monoisotopic (exact) mass is 378 g/mol. The summed E-state index contributed by atoms with van der Waals surface area (Å²) >= 11 is 0. The second-order valence-electron chi connectivity index (χ2n) is 0.346. The van der Waals surface area contributed by atoms with Crippen molar-refractivity contribution in [2.45, 2.75) is 0 Å². The van der Waals surface area contributed by atoms with Gasteiger partial charge in [-0.3, -0.25) is 0 Å². The van der Waals surface area contributed by atoms with Crippen LogP contribution in [0.2, 0.25) is 0 Å². The summed E-state index contributed by atoms with van der Waals surface area (Å²) in [4.78, 5) is 0. The first-order valence-corrected chi connectivity index (χ1v) is 0.775. The van der Waals surface area contributed by atoms with Crippen molar-refractivity contribution in [1.29, 1.82) is 0 Å². The van der Waals surface area contributed by atoms with Crippen LogP contribution < -0.4 is 0 Å². The molecule has 0 aliphatic rings. The molecule has 8 heavy (non-hydrogen) atoms. The van der Waals surface area contributed by atoms with Gasteiger partial charge in [-0.25, -0.2) is 0 Å². The third kappa shape index (κ3) is 54.4. The second-order valence-corrected chi connectivity index (χ2v) is 0.346. The number of hydrogen-bond donors (Lipinski definition) is 3. The summed E-state index contributed by atoms with van der Waals surface area (Å²) in [6, 6.07) is 0. The molecular weight excluding hydrogens is 369 g/mol. The summed E-state index contributed by atoms with van der Waals surface area (Å²) < 4.78 is 0. The molecule has 0 unspecified atom stereocenters. The second kappa shape index (κ2) is 22.4. The topological polar surface area (TPSA) is 60.7 Å². The molecule has 0 bridgehead atoms. The fourth-order valence-corrected chi connectivity index (χ4v) is 0. The molecule has 8 heteroatoms. The van der Waals surface area contributed by atoms with E-state index in [0.29, 0.717) is 0 Å². The van der Waals surface area contributed by atoms with Gasteiger partial charge in [0, 0.05) is 0 Å². The van der Waals surface area contributed by atoms with Crippen LogP contribution in [0.4, 0.5) is 0 Å². The van der Waals surface area contributed by atoms with Crippen molar-refractivity contribution in [3.8, 4) is 0 Å². The molecule has 0 heterocycles. The molecule has 0 aromatic rings. The zero-order chi connectivity index (χ0) is 3.58. The van der Waals surface area contributed by atoms with Crippen LogP contribution >= 0.6 is 17.0 Å². The van der Waals surface area contributed by atoms with E-state index in [1.807, 2.05) is 0 Å². The molecule has 0 saturated carbocycles. The minimum atomic E-state index is -2.17. The van der Waals surface area contributed by atoms with Crippen molar-refractivity contribution in [3.63, 3.8) is 0 Å². The Morgan fingerprint density at radius 1 is 1.00 bits per heavy atom. The van der Waals surface area contributed by atoms with Crippen LogP contribution in [0.1, 0.15) is 0 Å². The quantitative estimate of drug-likeness (QED) is 0.375. The maximum atomic E-state index is 7.17. The summed E-state index contributed by atoms with van der Waals surface area (Å²) in [5.74, 6) is 0. The Bertz CT molecular complexity index is 24.0. The fraction of sp³-hybridized carbons (Fsp3) is 0. The van der Waals surface area contributed by atoms with Gasteiger partial charge in [-0.15, -0.1) is 17.0 Å². The van der Waals surface area contributed by atoms with Crippen LogP contribution in [0, 0.1) is 0 Å². The van der Waals surface area contributed by atoms with E-state index in [2.05, 4.69) is 0 Å². The first-order chi connectivity index (χ1) is 1.73. The molecule has 0 aromatic heterocycles. The van der Waals surface area contributed by atoms with Crippen molar-refractivity contribution < 1.29 is 15.1 Å². The Labute approximate surface area is 134 Å². The molecule has 0 aliphatic heterocycles. The van der Waals surface area contributed by atoms with E-state index >= 15 is 0 Å². The van der Waals surface area contributed by atoms with Crippen LogP contribution in [0.15, 0.2) is 0 Å². The maximum absolute atomic E-state index is 7.17. The van der Waals surface area contributed by atoms with Crippen LogP contribution in [0.25, 0.3) is 0 Å². The normalized spacial score (nSPS) is 3.38. The summed E-state index contributed by atoms with van der Waals surface area (Å²) in [5.41, 5.74) is 0.